The Morgan fingerprint density at radius 1 is 1.23 bits per heavy atom. The highest BCUT2D eigenvalue weighted by atomic mass is 19.1. The number of carboxylic acid groups (broad SMARTS) is 1. The van der Waals surface area contributed by atoms with Crippen molar-refractivity contribution in [3.8, 4) is 11.3 Å². The van der Waals surface area contributed by atoms with Crippen molar-refractivity contribution in [2.75, 3.05) is 13.1 Å². The van der Waals surface area contributed by atoms with Gasteiger partial charge in [0.1, 0.15) is 17.3 Å². The highest BCUT2D eigenvalue weighted by Crippen LogP contribution is 2.26. The largest absolute Gasteiger partial charge is 0.481 e. The summed E-state index contributed by atoms with van der Waals surface area (Å²) in [6.45, 7) is 2.81. The van der Waals surface area contributed by atoms with E-state index in [2.05, 4.69) is 0 Å². The first-order valence-corrected chi connectivity index (χ1v) is 8.78. The Balaban J connectivity index is 1.60. The van der Waals surface area contributed by atoms with Crippen LogP contribution in [0.25, 0.3) is 11.3 Å². The third kappa shape index (κ3) is 4.12. The first-order chi connectivity index (χ1) is 12.4. The summed E-state index contributed by atoms with van der Waals surface area (Å²) in [7, 11) is 0. The molecule has 2 aromatic rings. The number of piperidine rings is 1. The number of nitrogens with zero attached hydrogens (tertiary/aromatic N) is 1. The number of rotatable bonds is 5. The number of furan rings is 1. The number of hydrogen-bond donors (Lipinski definition) is 1. The van der Waals surface area contributed by atoms with E-state index in [4.69, 9.17) is 4.42 Å². The highest BCUT2D eigenvalue weighted by molar-refractivity contribution is 5.78. The van der Waals surface area contributed by atoms with Crippen LogP contribution in [0.2, 0.25) is 0 Å². The smallest absolute Gasteiger partial charge is 0.308 e. The fourth-order valence-corrected chi connectivity index (χ4v) is 3.44. The van der Waals surface area contributed by atoms with E-state index in [1.807, 2.05) is 6.92 Å². The van der Waals surface area contributed by atoms with Crippen molar-refractivity contribution in [1.29, 1.82) is 0 Å². The molecule has 1 N–H and O–H groups in total. The summed E-state index contributed by atoms with van der Waals surface area (Å²) in [6.07, 6.45) is 1.24. The van der Waals surface area contributed by atoms with E-state index < -0.39 is 11.9 Å². The molecule has 1 saturated heterocycles. The van der Waals surface area contributed by atoms with Gasteiger partial charge in [0, 0.05) is 25.9 Å². The van der Waals surface area contributed by atoms with Crippen LogP contribution < -0.4 is 0 Å². The molecule has 2 unspecified atom stereocenters. The molecule has 6 heteroatoms. The second kappa shape index (κ2) is 7.72. The minimum atomic E-state index is -0.852. The lowest BCUT2D eigenvalue weighted by Crippen LogP contribution is -2.45. The Labute approximate surface area is 151 Å². The zero-order valence-corrected chi connectivity index (χ0v) is 14.7. The van der Waals surface area contributed by atoms with E-state index in [9.17, 15) is 19.1 Å². The molecule has 5 nitrogen and oxygen atoms in total. The van der Waals surface area contributed by atoms with E-state index in [1.54, 1.807) is 35.2 Å². The molecule has 0 spiro atoms. The minimum Gasteiger partial charge on any atom is -0.481 e. The van der Waals surface area contributed by atoms with Gasteiger partial charge in [-0.15, -0.1) is 0 Å². The van der Waals surface area contributed by atoms with E-state index in [-0.39, 0.29) is 30.6 Å². The van der Waals surface area contributed by atoms with Crippen LogP contribution in [-0.2, 0) is 16.0 Å². The molecule has 0 bridgehead atoms. The minimum absolute atomic E-state index is 0.0772. The Hall–Kier alpha value is -2.63. The monoisotopic (exact) mass is 359 g/mol. The van der Waals surface area contributed by atoms with Gasteiger partial charge in [-0.2, -0.15) is 0 Å². The van der Waals surface area contributed by atoms with Crippen LogP contribution in [0.1, 0.15) is 25.5 Å². The maximum absolute atomic E-state index is 13.8. The van der Waals surface area contributed by atoms with Gasteiger partial charge in [-0.25, -0.2) is 4.39 Å². The molecule has 1 aromatic carbocycles. The molecular weight excluding hydrogens is 337 g/mol. The Morgan fingerprint density at radius 3 is 2.73 bits per heavy atom. The van der Waals surface area contributed by atoms with Crippen molar-refractivity contribution in [2.45, 2.75) is 26.2 Å². The highest BCUT2D eigenvalue weighted by Gasteiger charge is 2.31. The molecular formula is C20H22FNO4. The maximum Gasteiger partial charge on any atom is 0.308 e. The molecule has 2 heterocycles. The van der Waals surface area contributed by atoms with Gasteiger partial charge in [-0.05, 0) is 36.6 Å². The summed E-state index contributed by atoms with van der Waals surface area (Å²) >= 11 is 0. The number of amides is 1. The van der Waals surface area contributed by atoms with Crippen molar-refractivity contribution in [2.24, 2.45) is 11.8 Å². The first kappa shape index (κ1) is 18.2. The van der Waals surface area contributed by atoms with Gasteiger partial charge in [0.25, 0.3) is 0 Å². The molecule has 0 radical (unpaired) electrons. The van der Waals surface area contributed by atoms with Crippen LogP contribution in [-0.4, -0.2) is 35.0 Å². The molecule has 138 valence electrons. The van der Waals surface area contributed by atoms with Gasteiger partial charge in [0.15, 0.2) is 0 Å². The average Bonchev–Trinajstić information content (AvgIpc) is 3.08. The zero-order chi connectivity index (χ0) is 18.7. The number of carboxylic acids is 1. The first-order valence-electron chi connectivity index (χ1n) is 8.78. The molecule has 1 aliphatic rings. The summed E-state index contributed by atoms with van der Waals surface area (Å²) in [6, 6.07) is 9.81. The molecule has 0 saturated carbocycles. The molecule has 2 atom stereocenters. The van der Waals surface area contributed by atoms with Crippen LogP contribution in [0, 0.1) is 17.7 Å². The predicted octanol–water partition coefficient (Wildman–Crippen LogP) is 3.59. The number of carbonyl (C=O) groups excluding carboxylic acids is 1. The van der Waals surface area contributed by atoms with Crippen LogP contribution >= 0.6 is 0 Å². The van der Waals surface area contributed by atoms with E-state index in [0.29, 0.717) is 36.5 Å². The van der Waals surface area contributed by atoms with Crippen molar-refractivity contribution in [3.63, 3.8) is 0 Å². The number of likely N-dealkylation sites (tertiary alicyclic amines) is 1. The quantitative estimate of drug-likeness (QED) is 0.886. The summed E-state index contributed by atoms with van der Waals surface area (Å²) in [5.41, 5.74) is 0.388. The fourth-order valence-electron chi connectivity index (χ4n) is 3.44. The van der Waals surface area contributed by atoms with Gasteiger partial charge < -0.3 is 14.4 Å². The summed E-state index contributed by atoms with van der Waals surface area (Å²) in [5.74, 6) is -0.573. The van der Waals surface area contributed by atoms with Gasteiger partial charge in [0.2, 0.25) is 5.91 Å². The normalized spacial score (nSPS) is 20.2. The molecule has 1 aliphatic heterocycles. The van der Waals surface area contributed by atoms with E-state index in [1.165, 1.54) is 6.07 Å². The van der Waals surface area contributed by atoms with Gasteiger partial charge in [0.05, 0.1) is 11.5 Å². The van der Waals surface area contributed by atoms with Gasteiger partial charge >= 0.3 is 5.97 Å². The molecule has 1 fully saturated rings. The Morgan fingerprint density at radius 2 is 2.00 bits per heavy atom. The van der Waals surface area contributed by atoms with E-state index in [0.717, 1.165) is 0 Å². The number of hydrogen-bond acceptors (Lipinski definition) is 3. The molecule has 26 heavy (non-hydrogen) atoms. The van der Waals surface area contributed by atoms with Gasteiger partial charge in [-0.3, -0.25) is 9.59 Å². The number of halogens is 1. The van der Waals surface area contributed by atoms with Crippen molar-refractivity contribution in [3.05, 3.63) is 48.0 Å². The summed E-state index contributed by atoms with van der Waals surface area (Å²) < 4.78 is 19.5. The average molecular weight is 359 g/mol. The molecule has 1 amide bonds. The van der Waals surface area contributed by atoms with Gasteiger partial charge in [-0.1, -0.05) is 19.1 Å². The fraction of sp³-hybridized carbons (Fsp3) is 0.400. The van der Waals surface area contributed by atoms with Crippen molar-refractivity contribution >= 4 is 11.9 Å². The van der Waals surface area contributed by atoms with Crippen LogP contribution in [0.15, 0.2) is 40.8 Å². The van der Waals surface area contributed by atoms with Crippen LogP contribution in [0.3, 0.4) is 0 Å². The molecule has 3 rings (SSSR count). The lowest BCUT2D eigenvalue weighted by Gasteiger charge is -2.34. The van der Waals surface area contributed by atoms with Crippen molar-refractivity contribution < 1.29 is 23.5 Å². The molecule has 1 aromatic heterocycles. The third-order valence-electron chi connectivity index (χ3n) is 4.75. The maximum atomic E-state index is 13.8. The predicted molar refractivity (Wildman–Crippen MR) is 93.9 cm³/mol. The number of carbonyl (C=O) groups is 2. The lowest BCUT2D eigenvalue weighted by molar-refractivity contribution is -0.146. The summed E-state index contributed by atoms with van der Waals surface area (Å²) in [4.78, 5) is 25.3. The second-order valence-electron chi connectivity index (χ2n) is 6.92. The number of benzene rings is 1. The molecule has 0 aliphatic carbocycles. The second-order valence-corrected chi connectivity index (χ2v) is 6.92. The van der Waals surface area contributed by atoms with Crippen molar-refractivity contribution in [1.82, 2.24) is 4.90 Å². The summed E-state index contributed by atoms with van der Waals surface area (Å²) in [5, 5.41) is 9.21. The van der Waals surface area contributed by atoms with Crippen LogP contribution in [0.4, 0.5) is 4.39 Å². The van der Waals surface area contributed by atoms with Crippen LogP contribution in [0.5, 0.6) is 0 Å². The number of aryl methyl sites for hydroxylation is 1. The standard InChI is InChI=1S/C20H22FNO4/c1-13-10-14(20(24)25)12-22(11-13)19(23)9-7-15-6-8-18(26-15)16-4-2-3-5-17(16)21/h2-6,8,13-14H,7,9-12H2,1H3,(H,24,25). The SMILES string of the molecule is CC1CC(C(=O)O)CN(C(=O)CCc2ccc(-c3ccccc3F)o2)C1. The van der Waals surface area contributed by atoms with E-state index >= 15 is 0 Å². The third-order valence-corrected chi connectivity index (χ3v) is 4.75. The Kier molecular flexibility index (Phi) is 5.40. The lowest BCUT2D eigenvalue weighted by atomic mass is 9.90. The Bertz CT molecular complexity index is 801. The number of aliphatic carboxylic acids is 1. The topological polar surface area (TPSA) is 70.8 Å². The zero-order valence-electron chi connectivity index (χ0n) is 14.7.